The van der Waals surface area contributed by atoms with Gasteiger partial charge in [0.15, 0.2) is 11.5 Å². The van der Waals surface area contributed by atoms with Crippen molar-refractivity contribution in [3.05, 3.63) is 71.5 Å². The van der Waals surface area contributed by atoms with Crippen LogP contribution in [0.3, 0.4) is 0 Å². The first-order valence-corrected chi connectivity index (χ1v) is 12.3. The van der Waals surface area contributed by atoms with Crippen molar-refractivity contribution in [3.8, 4) is 11.3 Å². The summed E-state index contributed by atoms with van der Waals surface area (Å²) < 4.78 is 19.2. The van der Waals surface area contributed by atoms with Crippen LogP contribution in [0, 0.1) is 5.82 Å². The fraction of sp³-hybridized carbons (Fsp3) is 0.250. The Morgan fingerprint density at radius 1 is 1.03 bits per heavy atom. The number of carboxylic acids is 1. The minimum absolute atomic E-state index is 0.0714. The number of anilines is 3. The summed E-state index contributed by atoms with van der Waals surface area (Å²) in [6.45, 7) is 3.23. The maximum Gasteiger partial charge on any atom is 0.196 e. The van der Waals surface area contributed by atoms with E-state index in [1.54, 1.807) is 18.2 Å². The molecule has 0 saturated carbocycles. The normalized spacial score (nSPS) is 14.7. The average Bonchev–Trinajstić information content (AvgIpc) is 3.36. The number of fused-ring (bicyclic) bond motifs is 2. The van der Waals surface area contributed by atoms with Crippen LogP contribution in [0.25, 0.3) is 22.2 Å². The van der Waals surface area contributed by atoms with E-state index in [0.29, 0.717) is 65.1 Å². The zero-order valence-electron chi connectivity index (χ0n) is 20.0. The molecule has 37 heavy (non-hydrogen) atoms. The molecule has 6 rings (SSSR count). The monoisotopic (exact) mass is 499 g/mol. The molecule has 1 fully saturated rings. The lowest BCUT2D eigenvalue weighted by molar-refractivity contribution is -0.305. The van der Waals surface area contributed by atoms with Crippen LogP contribution in [-0.2, 0) is 4.79 Å². The Labute approximate surface area is 212 Å². The van der Waals surface area contributed by atoms with Crippen molar-refractivity contribution in [2.45, 2.75) is 12.8 Å². The second-order valence-corrected chi connectivity index (χ2v) is 9.28. The van der Waals surface area contributed by atoms with Crippen molar-refractivity contribution in [1.29, 1.82) is 0 Å². The van der Waals surface area contributed by atoms with Gasteiger partial charge in [0, 0.05) is 61.2 Å². The van der Waals surface area contributed by atoms with Gasteiger partial charge in [-0.25, -0.2) is 4.39 Å². The van der Waals surface area contributed by atoms with E-state index in [-0.39, 0.29) is 18.0 Å². The van der Waals surface area contributed by atoms with Crippen LogP contribution in [-0.4, -0.2) is 49.6 Å². The minimum atomic E-state index is -1.11. The lowest BCUT2D eigenvalue weighted by Crippen LogP contribution is -2.46. The van der Waals surface area contributed by atoms with Gasteiger partial charge < -0.3 is 29.5 Å². The van der Waals surface area contributed by atoms with E-state index in [4.69, 9.17) is 4.52 Å². The van der Waals surface area contributed by atoms with Gasteiger partial charge in [0.2, 0.25) is 0 Å². The second-order valence-electron chi connectivity index (χ2n) is 9.28. The number of rotatable bonds is 7. The van der Waals surface area contributed by atoms with Crippen molar-refractivity contribution >= 4 is 39.7 Å². The van der Waals surface area contributed by atoms with Gasteiger partial charge in [-0.1, -0.05) is 29.4 Å². The molecule has 9 heteroatoms. The van der Waals surface area contributed by atoms with E-state index < -0.39 is 5.97 Å². The van der Waals surface area contributed by atoms with Crippen LogP contribution < -0.4 is 20.2 Å². The topological polar surface area (TPSA) is 102 Å². The van der Waals surface area contributed by atoms with Gasteiger partial charge in [0.25, 0.3) is 0 Å². The van der Waals surface area contributed by atoms with E-state index in [1.807, 2.05) is 24.3 Å². The van der Waals surface area contributed by atoms with Crippen molar-refractivity contribution in [1.82, 2.24) is 5.16 Å². The molecule has 0 bridgehead atoms. The van der Waals surface area contributed by atoms with E-state index in [9.17, 15) is 19.1 Å². The summed E-state index contributed by atoms with van der Waals surface area (Å²) in [4.78, 5) is 28.9. The number of nitrogens with one attached hydrogen (secondary N) is 1. The molecule has 3 aromatic carbocycles. The predicted molar refractivity (Wildman–Crippen MR) is 136 cm³/mol. The summed E-state index contributed by atoms with van der Waals surface area (Å²) in [6.07, 6.45) is 0.296. The molecule has 4 aromatic rings. The molecular weight excluding hydrogens is 475 g/mol. The van der Waals surface area contributed by atoms with Crippen LogP contribution >= 0.6 is 0 Å². The van der Waals surface area contributed by atoms with E-state index >= 15 is 0 Å². The fourth-order valence-corrected chi connectivity index (χ4v) is 5.24. The number of carboxylic acid groups (broad SMARTS) is 1. The van der Waals surface area contributed by atoms with Crippen LogP contribution in [0.2, 0.25) is 0 Å². The molecule has 0 spiro atoms. The molecule has 188 valence electrons. The number of hydrogen-bond acceptors (Lipinski definition) is 8. The van der Waals surface area contributed by atoms with Gasteiger partial charge in [0.05, 0.1) is 16.6 Å². The van der Waals surface area contributed by atoms with Gasteiger partial charge in [-0.3, -0.25) is 4.79 Å². The highest BCUT2D eigenvalue weighted by atomic mass is 19.1. The third-order valence-corrected chi connectivity index (χ3v) is 7.06. The van der Waals surface area contributed by atoms with Crippen LogP contribution in [0.4, 0.5) is 21.5 Å². The SMILES string of the molecule is O=C([O-])CCCNc1cc(N2CCN(c3ccc(F)cc3)CC2)c2noc3c2c1C(=O)c1ccccc1-3. The van der Waals surface area contributed by atoms with E-state index in [0.717, 1.165) is 24.5 Å². The molecule has 1 saturated heterocycles. The Hall–Kier alpha value is -4.40. The summed E-state index contributed by atoms with van der Waals surface area (Å²) >= 11 is 0. The summed E-state index contributed by atoms with van der Waals surface area (Å²) in [5, 5.41) is 19.2. The van der Waals surface area contributed by atoms with Crippen molar-refractivity contribution < 1.29 is 23.6 Å². The predicted octanol–water partition coefficient (Wildman–Crippen LogP) is 3.45. The molecule has 1 aromatic heterocycles. The highest BCUT2D eigenvalue weighted by Gasteiger charge is 2.34. The standard InChI is InChI=1S/C28H25FN4O4/c29-17-7-9-18(10-8-17)32-12-14-33(15-13-32)22-16-21(30-11-3-6-23(34)35)24-25-26(22)31-37-28(25)20-5-2-1-4-19(20)27(24)36/h1-2,4-5,7-10,16,30H,3,6,11-15H2,(H,34,35)/p-1. The Bertz CT molecular complexity index is 1510. The number of aliphatic carboxylic acids is 1. The van der Waals surface area contributed by atoms with Crippen LogP contribution in [0.1, 0.15) is 28.8 Å². The molecule has 8 nitrogen and oxygen atoms in total. The van der Waals surface area contributed by atoms with Crippen LogP contribution in [0.15, 0.2) is 59.1 Å². The molecule has 0 unspecified atom stereocenters. The smallest absolute Gasteiger partial charge is 0.196 e. The van der Waals surface area contributed by atoms with Crippen LogP contribution in [0.5, 0.6) is 0 Å². The second kappa shape index (κ2) is 9.24. The number of piperazine rings is 1. The number of nitrogens with zero attached hydrogens (tertiary/aromatic N) is 3. The molecular formula is C28H24FN4O4-. The molecule has 0 amide bonds. The zero-order valence-corrected chi connectivity index (χ0v) is 20.0. The van der Waals surface area contributed by atoms with Gasteiger partial charge >= 0.3 is 0 Å². The highest BCUT2D eigenvalue weighted by Crippen LogP contribution is 2.46. The number of benzene rings is 3. The lowest BCUT2D eigenvalue weighted by atomic mass is 9.86. The maximum absolute atomic E-state index is 13.6. The molecule has 1 N–H and O–H groups in total. The highest BCUT2D eigenvalue weighted by molar-refractivity contribution is 6.28. The van der Waals surface area contributed by atoms with Gasteiger partial charge in [-0.2, -0.15) is 0 Å². The number of carbonyl (C=O) groups is 2. The average molecular weight is 500 g/mol. The lowest BCUT2D eigenvalue weighted by Gasteiger charge is -2.37. The molecule has 0 atom stereocenters. The van der Waals surface area contributed by atoms with Crippen molar-refractivity contribution in [2.24, 2.45) is 0 Å². The fourth-order valence-electron chi connectivity index (χ4n) is 5.24. The van der Waals surface area contributed by atoms with Gasteiger partial charge in [0.1, 0.15) is 11.3 Å². The largest absolute Gasteiger partial charge is 0.550 e. The molecule has 2 aliphatic rings. The Morgan fingerprint density at radius 2 is 1.73 bits per heavy atom. The maximum atomic E-state index is 13.6. The Kier molecular flexibility index (Phi) is 5.75. The summed E-state index contributed by atoms with van der Waals surface area (Å²) in [7, 11) is 0. The number of hydrogen-bond donors (Lipinski definition) is 1. The molecule has 0 radical (unpaired) electrons. The van der Waals surface area contributed by atoms with Crippen molar-refractivity contribution in [3.63, 3.8) is 0 Å². The Morgan fingerprint density at radius 3 is 2.46 bits per heavy atom. The Balaban J connectivity index is 1.37. The summed E-state index contributed by atoms with van der Waals surface area (Å²) in [6, 6.07) is 15.7. The molecule has 1 aliphatic heterocycles. The van der Waals surface area contributed by atoms with E-state index in [2.05, 4.69) is 20.3 Å². The third kappa shape index (κ3) is 4.06. The quantitative estimate of drug-likeness (QED) is 0.340. The zero-order chi connectivity index (χ0) is 25.5. The molecule has 1 aliphatic carbocycles. The van der Waals surface area contributed by atoms with Gasteiger partial charge in [-0.15, -0.1) is 0 Å². The first kappa shape index (κ1) is 23.0. The number of halogens is 1. The van der Waals surface area contributed by atoms with Gasteiger partial charge in [-0.05, 0) is 43.2 Å². The summed E-state index contributed by atoms with van der Waals surface area (Å²) in [5.41, 5.74) is 4.83. The van der Waals surface area contributed by atoms with Crippen molar-refractivity contribution in [2.75, 3.05) is 47.8 Å². The number of carbonyl (C=O) groups excluding carboxylic acids is 2. The first-order chi connectivity index (χ1) is 18.0. The number of aromatic nitrogens is 1. The minimum Gasteiger partial charge on any atom is -0.550 e. The van der Waals surface area contributed by atoms with E-state index in [1.165, 1.54) is 12.1 Å². The first-order valence-electron chi connectivity index (χ1n) is 12.3. The third-order valence-electron chi connectivity index (χ3n) is 7.06. The molecule has 2 heterocycles. The number of ketones is 1. The summed E-state index contributed by atoms with van der Waals surface area (Å²) in [5.74, 6) is -0.926.